The maximum absolute atomic E-state index is 12.8. The van der Waals surface area contributed by atoms with Crippen LogP contribution in [-0.2, 0) is 17.8 Å². The molecule has 0 spiro atoms. The molecule has 1 saturated carbocycles. The third-order valence-electron chi connectivity index (χ3n) is 4.88. The molecule has 2 amide bonds. The van der Waals surface area contributed by atoms with Crippen LogP contribution in [0.1, 0.15) is 40.2 Å². The number of rotatable bonds is 3. The molecule has 1 aliphatic heterocycles. The van der Waals surface area contributed by atoms with Gasteiger partial charge in [0.1, 0.15) is 0 Å². The van der Waals surface area contributed by atoms with Crippen molar-refractivity contribution in [2.45, 2.75) is 32.2 Å². The summed E-state index contributed by atoms with van der Waals surface area (Å²) < 4.78 is 0. The van der Waals surface area contributed by atoms with Crippen molar-refractivity contribution in [2.75, 3.05) is 11.9 Å². The number of nitrogens with zero attached hydrogens (tertiary/aromatic N) is 2. The topological polar surface area (TPSA) is 62.3 Å². The number of carbonyl (C=O) groups is 2. The van der Waals surface area contributed by atoms with Gasteiger partial charge >= 0.3 is 0 Å². The molecule has 2 aromatic rings. The van der Waals surface area contributed by atoms with E-state index < -0.39 is 0 Å². The number of benzene rings is 1. The molecule has 1 aliphatic carbocycles. The minimum absolute atomic E-state index is 0.0565. The Balaban J connectivity index is 1.48. The van der Waals surface area contributed by atoms with Gasteiger partial charge in [-0.3, -0.25) is 9.59 Å². The minimum atomic E-state index is -0.142. The standard InChI is InChI=1S/C18H17Cl2N3O2S/c19-11-4-5-13(20)12(8-11)17(25)23-7-6-14-15(9-23)26-18(21-14)22-16(24)10-2-1-3-10/h4-5,8,10H,1-3,6-7,9H2,(H,21,22,24). The molecular formula is C18H17Cl2N3O2S. The zero-order valence-electron chi connectivity index (χ0n) is 13.9. The molecule has 0 atom stereocenters. The number of anilines is 1. The fraction of sp³-hybridized carbons (Fsp3) is 0.389. The number of carbonyl (C=O) groups excluding carboxylic acids is 2. The molecule has 5 nitrogen and oxygen atoms in total. The third kappa shape index (κ3) is 3.46. The average Bonchev–Trinajstić information content (AvgIpc) is 2.95. The van der Waals surface area contributed by atoms with E-state index in [1.165, 1.54) is 11.3 Å². The summed E-state index contributed by atoms with van der Waals surface area (Å²) in [5.74, 6) is 0.0385. The van der Waals surface area contributed by atoms with Crippen LogP contribution in [0.4, 0.5) is 5.13 Å². The number of fused-ring (bicyclic) bond motifs is 1. The highest BCUT2D eigenvalue weighted by atomic mass is 35.5. The molecule has 8 heteroatoms. The van der Waals surface area contributed by atoms with Gasteiger partial charge in [-0.1, -0.05) is 41.0 Å². The van der Waals surface area contributed by atoms with Crippen LogP contribution in [-0.4, -0.2) is 28.2 Å². The summed E-state index contributed by atoms with van der Waals surface area (Å²) in [5, 5.41) is 4.42. The van der Waals surface area contributed by atoms with E-state index in [0.717, 1.165) is 29.8 Å². The second kappa shape index (κ2) is 7.18. The van der Waals surface area contributed by atoms with E-state index in [1.807, 2.05) is 0 Å². The number of hydrogen-bond donors (Lipinski definition) is 1. The highest BCUT2D eigenvalue weighted by molar-refractivity contribution is 7.15. The smallest absolute Gasteiger partial charge is 0.255 e. The van der Waals surface area contributed by atoms with Crippen LogP contribution >= 0.6 is 34.5 Å². The molecule has 1 N–H and O–H groups in total. The number of halogens is 2. The van der Waals surface area contributed by atoms with Gasteiger partial charge in [0.05, 0.1) is 22.8 Å². The minimum Gasteiger partial charge on any atom is -0.333 e. The van der Waals surface area contributed by atoms with Crippen molar-refractivity contribution < 1.29 is 9.59 Å². The summed E-state index contributed by atoms with van der Waals surface area (Å²) in [6.07, 6.45) is 3.70. The van der Waals surface area contributed by atoms with Crippen LogP contribution in [0, 0.1) is 5.92 Å². The Morgan fingerprint density at radius 3 is 2.81 bits per heavy atom. The lowest BCUT2D eigenvalue weighted by Gasteiger charge is -2.26. The molecule has 4 rings (SSSR count). The molecule has 2 heterocycles. The Hall–Kier alpha value is -1.63. The van der Waals surface area contributed by atoms with E-state index in [4.69, 9.17) is 23.2 Å². The zero-order chi connectivity index (χ0) is 18.3. The zero-order valence-corrected chi connectivity index (χ0v) is 16.3. The van der Waals surface area contributed by atoms with Gasteiger partial charge in [0, 0.05) is 28.8 Å². The predicted molar refractivity (Wildman–Crippen MR) is 103 cm³/mol. The Bertz CT molecular complexity index is 879. The van der Waals surface area contributed by atoms with Crippen LogP contribution in [0.25, 0.3) is 0 Å². The maximum Gasteiger partial charge on any atom is 0.255 e. The Labute approximate surface area is 165 Å². The maximum atomic E-state index is 12.8. The van der Waals surface area contributed by atoms with Crippen molar-refractivity contribution >= 4 is 51.5 Å². The van der Waals surface area contributed by atoms with E-state index in [9.17, 15) is 9.59 Å². The first kappa shape index (κ1) is 17.8. The predicted octanol–water partition coefficient (Wildman–Crippen LogP) is 4.39. The van der Waals surface area contributed by atoms with Crippen molar-refractivity contribution in [3.05, 3.63) is 44.4 Å². The molecule has 1 aromatic carbocycles. The lowest BCUT2D eigenvalue weighted by Crippen LogP contribution is -2.35. The molecular weight excluding hydrogens is 393 g/mol. The van der Waals surface area contributed by atoms with Crippen molar-refractivity contribution in [1.82, 2.24) is 9.88 Å². The second-order valence-corrected chi connectivity index (χ2v) is 8.53. The summed E-state index contributed by atoms with van der Waals surface area (Å²) in [4.78, 5) is 32.2. The summed E-state index contributed by atoms with van der Waals surface area (Å²) in [6.45, 7) is 1.03. The van der Waals surface area contributed by atoms with Gasteiger partial charge in [0.15, 0.2) is 5.13 Å². The lowest BCUT2D eigenvalue weighted by atomic mass is 9.85. The summed E-state index contributed by atoms with van der Waals surface area (Å²) in [7, 11) is 0. The average molecular weight is 410 g/mol. The summed E-state index contributed by atoms with van der Waals surface area (Å²) in [6, 6.07) is 4.89. The van der Waals surface area contributed by atoms with Gasteiger partial charge in [-0.2, -0.15) is 0 Å². The first-order valence-electron chi connectivity index (χ1n) is 8.55. The molecule has 0 saturated heterocycles. The first-order chi connectivity index (χ1) is 12.5. The number of nitrogens with one attached hydrogen (secondary N) is 1. The molecule has 2 aliphatic rings. The van der Waals surface area contributed by atoms with Gasteiger partial charge < -0.3 is 10.2 Å². The molecule has 136 valence electrons. The van der Waals surface area contributed by atoms with Crippen LogP contribution in [0.5, 0.6) is 0 Å². The van der Waals surface area contributed by atoms with Gasteiger partial charge in [-0.25, -0.2) is 4.98 Å². The third-order valence-corrected chi connectivity index (χ3v) is 6.45. The molecule has 1 aromatic heterocycles. The Kier molecular flexibility index (Phi) is 4.90. The van der Waals surface area contributed by atoms with E-state index in [1.54, 1.807) is 23.1 Å². The SMILES string of the molecule is O=C(Nc1nc2c(s1)CN(C(=O)c1cc(Cl)ccc1Cl)CC2)C1CCC1. The van der Waals surface area contributed by atoms with Crippen LogP contribution in [0.2, 0.25) is 10.0 Å². The lowest BCUT2D eigenvalue weighted by molar-refractivity contribution is -0.122. The fourth-order valence-corrected chi connectivity index (χ4v) is 4.53. The van der Waals surface area contributed by atoms with Crippen LogP contribution < -0.4 is 5.32 Å². The number of amides is 2. The van der Waals surface area contributed by atoms with E-state index in [2.05, 4.69) is 10.3 Å². The van der Waals surface area contributed by atoms with Crippen molar-refractivity contribution in [3.8, 4) is 0 Å². The largest absolute Gasteiger partial charge is 0.333 e. The van der Waals surface area contributed by atoms with Crippen molar-refractivity contribution in [1.29, 1.82) is 0 Å². The molecule has 0 radical (unpaired) electrons. The highest BCUT2D eigenvalue weighted by Gasteiger charge is 2.29. The normalized spacial score (nSPS) is 16.8. The van der Waals surface area contributed by atoms with E-state index in [0.29, 0.717) is 40.3 Å². The first-order valence-corrected chi connectivity index (χ1v) is 10.1. The number of thiazole rings is 1. The van der Waals surface area contributed by atoms with Crippen LogP contribution in [0.3, 0.4) is 0 Å². The molecule has 1 fully saturated rings. The summed E-state index contributed by atoms with van der Waals surface area (Å²) in [5.41, 5.74) is 1.37. The quantitative estimate of drug-likeness (QED) is 0.817. The van der Waals surface area contributed by atoms with E-state index in [-0.39, 0.29) is 17.7 Å². The van der Waals surface area contributed by atoms with Gasteiger partial charge in [-0.05, 0) is 31.0 Å². The monoisotopic (exact) mass is 409 g/mol. The van der Waals surface area contributed by atoms with Gasteiger partial charge in [0.2, 0.25) is 5.91 Å². The van der Waals surface area contributed by atoms with Crippen molar-refractivity contribution in [2.24, 2.45) is 5.92 Å². The molecule has 26 heavy (non-hydrogen) atoms. The fourth-order valence-electron chi connectivity index (χ4n) is 3.13. The second-order valence-electron chi connectivity index (χ2n) is 6.61. The van der Waals surface area contributed by atoms with E-state index >= 15 is 0 Å². The summed E-state index contributed by atoms with van der Waals surface area (Å²) >= 11 is 13.6. The molecule has 0 unspecified atom stereocenters. The van der Waals surface area contributed by atoms with Gasteiger partial charge in [-0.15, -0.1) is 0 Å². The number of hydrogen-bond acceptors (Lipinski definition) is 4. The van der Waals surface area contributed by atoms with Crippen LogP contribution in [0.15, 0.2) is 18.2 Å². The van der Waals surface area contributed by atoms with Crippen molar-refractivity contribution in [3.63, 3.8) is 0 Å². The highest BCUT2D eigenvalue weighted by Crippen LogP contribution is 2.32. The molecule has 0 bridgehead atoms. The Morgan fingerprint density at radius 1 is 1.27 bits per heavy atom. The Morgan fingerprint density at radius 2 is 2.08 bits per heavy atom. The number of aromatic nitrogens is 1. The van der Waals surface area contributed by atoms with Gasteiger partial charge in [0.25, 0.3) is 5.91 Å².